The van der Waals surface area contributed by atoms with Crippen molar-refractivity contribution in [2.75, 3.05) is 18.4 Å². The van der Waals surface area contributed by atoms with Crippen molar-refractivity contribution in [2.24, 2.45) is 0 Å². The monoisotopic (exact) mass is 343 g/mol. The molecule has 2 rings (SSSR count). The fourth-order valence-corrected chi connectivity index (χ4v) is 2.46. The number of aromatic nitrogens is 1. The van der Waals surface area contributed by atoms with Gasteiger partial charge in [0.25, 0.3) is 11.8 Å². The molecule has 1 aromatic carbocycles. The van der Waals surface area contributed by atoms with Crippen molar-refractivity contribution >= 4 is 17.5 Å². The highest BCUT2D eigenvalue weighted by atomic mass is 19.1. The van der Waals surface area contributed by atoms with Gasteiger partial charge in [0.05, 0.1) is 0 Å². The Morgan fingerprint density at radius 2 is 1.68 bits per heavy atom. The molecular weight excluding hydrogens is 321 g/mol. The van der Waals surface area contributed by atoms with Crippen molar-refractivity contribution in [1.82, 2.24) is 9.88 Å². The van der Waals surface area contributed by atoms with E-state index in [9.17, 15) is 14.0 Å². The zero-order valence-corrected chi connectivity index (χ0v) is 14.5. The van der Waals surface area contributed by atoms with Crippen LogP contribution in [0.2, 0.25) is 0 Å². The van der Waals surface area contributed by atoms with Gasteiger partial charge < -0.3 is 10.2 Å². The third-order valence-electron chi connectivity index (χ3n) is 3.56. The van der Waals surface area contributed by atoms with Crippen molar-refractivity contribution in [1.29, 1.82) is 0 Å². The predicted octanol–water partition coefficient (Wildman–Crippen LogP) is 3.74. The second-order valence-corrected chi connectivity index (χ2v) is 5.66. The van der Waals surface area contributed by atoms with Gasteiger partial charge in [0.2, 0.25) is 0 Å². The molecular formula is C19H22FN3O2. The quantitative estimate of drug-likeness (QED) is 0.833. The molecule has 0 saturated heterocycles. The minimum Gasteiger partial charge on any atom is -0.337 e. The Morgan fingerprint density at radius 1 is 1.04 bits per heavy atom. The molecule has 132 valence electrons. The number of hydrogen-bond donors (Lipinski definition) is 1. The third-order valence-corrected chi connectivity index (χ3v) is 3.56. The van der Waals surface area contributed by atoms with Crippen LogP contribution in [0.1, 0.15) is 47.7 Å². The van der Waals surface area contributed by atoms with Crippen LogP contribution >= 0.6 is 0 Å². The summed E-state index contributed by atoms with van der Waals surface area (Å²) in [5, 5.41) is 2.58. The molecule has 25 heavy (non-hydrogen) atoms. The van der Waals surface area contributed by atoms with E-state index in [0.717, 1.165) is 12.8 Å². The van der Waals surface area contributed by atoms with Gasteiger partial charge in [0.1, 0.15) is 17.2 Å². The maximum absolute atomic E-state index is 13.2. The average Bonchev–Trinajstić information content (AvgIpc) is 2.61. The lowest BCUT2D eigenvalue weighted by Crippen LogP contribution is -2.33. The minimum atomic E-state index is -0.488. The molecule has 0 aliphatic rings. The number of carbonyl (C=O) groups excluding carboxylic acids is 2. The molecule has 2 aromatic rings. The van der Waals surface area contributed by atoms with Crippen LogP contribution in [-0.4, -0.2) is 34.8 Å². The predicted molar refractivity (Wildman–Crippen MR) is 95.1 cm³/mol. The SMILES string of the molecule is CCCN(CCC)C(=O)c1cccc(C(=O)Nc2cccc(F)c2)n1. The second-order valence-electron chi connectivity index (χ2n) is 5.66. The van der Waals surface area contributed by atoms with E-state index in [1.807, 2.05) is 13.8 Å². The molecule has 1 aromatic heterocycles. The van der Waals surface area contributed by atoms with Gasteiger partial charge in [-0.15, -0.1) is 0 Å². The van der Waals surface area contributed by atoms with Crippen molar-refractivity contribution in [3.8, 4) is 0 Å². The summed E-state index contributed by atoms with van der Waals surface area (Å²) in [5.74, 6) is -1.12. The summed E-state index contributed by atoms with van der Waals surface area (Å²) in [6.07, 6.45) is 1.71. The summed E-state index contributed by atoms with van der Waals surface area (Å²) in [6, 6.07) is 10.3. The van der Waals surface area contributed by atoms with Gasteiger partial charge in [-0.2, -0.15) is 0 Å². The molecule has 0 saturated carbocycles. The van der Waals surface area contributed by atoms with Gasteiger partial charge in [-0.25, -0.2) is 9.37 Å². The molecule has 0 atom stereocenters. The van der Waals surface area contributed by atoms with E-state index >= 15 is 0 Å². The normalized spacial score (nSPS) is 10.4. The minimum absolute atomic E-state index is 0.114. The number of hydrogen-bond acceptors (Lipinski definition) is 3. The first-order valence-electron chi connectivity index (χ1n) is 8.38. The molecule has 0 aliphatic heterocycles. The van der Waals surface area contributed by atoms with Gasteiger partial charge in [-0.3, -0.25) is 9.59 Å². The largest absolute Gasteiger partial charge is 0.337 e. The van der Waals surface area contributed by atoms with Crippen LogP contribution in [0.5, 0.6) is 0 Å². The molecule has 6 heteroatoms. The average molecular weight is 343 g/mol. The zero-order chi connectivity index (χ0) is 18.2. The van der Waals surface area contributed by atoms with Crippen LogP contribution in [0.3, 0.4) is 0 Å². The lowest BCUT2D eigenvalue weighted by Gasteiger charge is -2.21. The number of nitrogens with one attached hydrogen (secondary N) is 1. The van der Waals surface area contributed by atoms with Crippen LogP contribution in [0, 0.1) is 5.82 Å². The molecule has 5 nitrogen and oxygen atoms in total. The Labute approximate surface area is 146 Å². The molecule has 0 fully saturated rings. The van der Waals surface area contributed by atoms with Gasteiger partial charge in [-0.05, 0) is 43.2 Å². The van der Waals surface area contributed by atoms with E-state index in [4.69, 9.17) is 0 Å². The summed E-state index contributed by atoms with van der Waals surface area (Å²) >= 11 is 0. The number of benzene rings is 1. The molecule has 0 radical (unpaired) electrons. The standard InChI is InChI=1S/C19H22FN3O2/c1-3-11-23(12-4-2)19(25)17-10-6-9-16(22-17)18(24)21-15-8-5-7-14(20)13-15/h5-10,13H,3-4,11-12H2,1-2H3,(H,21,24). The molecule has 1 heterocycles. The number of anilines is 1. The van der Waals surface area contributed by atoms with Gasteiger partial charge >= 0.3 is 0 Å². The maximum Gasteiger partial charge on any atom is 0.274 e. The van der Waals surface area contributed by atoms with E-state index in [-0.39, 0.29) is 17.3 Å². The van der Waals surface area contributed by atoms with E-state index < -0.39 is 11.7 Å². The summed E-state index contributed by atoms with van der Waals surface area (Å²) in [4.78, 5) is 30.8. The summed E-state index contributed by atoms with van der Waals surface area (Å²) in [6.45, 7) is 5.31. The number of nitrogens with zero attached hydrogens (tertiary/aromatic N) is 2. The Balaban J connectivity index is 2.16. The number of rotatable bonds is 7. The zero-order valence-electron chi connectivity index (χ0n) is 14.5. The molecule has 2 amide bonds. The first kappa shape index (κ1) is 18.6. The van der Waals surface area contributed by atoms with E-state index in [0.29, 0.717) is 18.8 Å². The maximum atomic E-state index is 13.2. The highest BCUT2D eigenvalue weighted by Crippen LogP contribution is 2.11. The molecule has 1 N–H and O–H groups in total. The first-order valence-corrected chi connectivity index (χ1v) is 8.38. The lowest BCUT2D eigenvalue weighted by atomic mass is 10.2. The molecule has 0 unspecified atom stereocenters. The first-order chi connectivity index (χ1) is 12.0. The summed E-state index contributed by atoms with van der Waals surface area (Å²) in [7, 11) is 0. The topological polar surface area (TPSA) is 62.3 Å². The Kier molecular flexibility index (Phi) is 6.62. The number of pyridine rings is 1. The summed E-state index contributed by atoms with van der Waals surface area (Å²) in [5.41, 5.74) is 0.680. The highest BCUT2D eigenvalue weighted by molar-refractivity contribution is 6.03. The fourth-order valence-electron chi connectivity index (χ4n) is 2.46. The lowest BCUT2D eigenvalue weighted by molar-refractivity contribution is 0.0749. The molecule has 0 bridgehead atoms. The van der Waals surface area contributed by atoms with Crippen LogP contribution < -0.4 is 5.32 Å². The second kappa shape index (κ2) is 8.92. The van der Waals surface area contributed by atoms with Crippen LogP contribution in [-0.2, 0) is 0 Å². The van der Waals surface area contributed by atoms with Crippen LogP contribution in [0.4, 0.5) is 10.1 Å². The van der Waals surface area contributed by atoms with Gasteiger partial charge in [0, 0.05) is 18.8 Å². The number of halogens is 1. The van der Waals surface area contributed by atoms with E-state index in [1.165, 1.54) is 24.3 Å². The number of carbonyl (C=O) groups is 2. The molecule has 0 aliphatic carbocycles. The Bertz CT molecular complexity index is 743. The van der Waals surface area contributed by atoms with Crippen molar-refractivity contribution < 1.29 is 14.0 Å². The fraction of sp³-hybridized carbons (Fsp3) is 0.316. The Morgan fingerprint density at radius 3 is 2.32 bits per heavy atom. The van der Waals surface area contributed by atoms with E-state index in [2.05, 4.69) is 10.3 Å². The Hall–Kier alpha value is -2.76. The third kappa shape index (κ3) is 5.11. The van der Waals surface area contributed by atoms with Crippen LogP contribution in [0.25, 0.3) is 0 Å². The van der Waals surface area contributed by atoms with Gasteiger partial charge in [-0.1, -0.05) is 26.0 Å². The van der Waals surface area contributed by atoms with Crippen molar-refractivity contribution in [3.63, 3.8) is 0 Å². The van der Waals surface area contributed by atoms with E-state index in [1.54, 1.807) is 23.1 Å². The number of amides is 2. The summed E-state index contributed by atoms with van der Waals surface area (Å²) < 4.78 is 13.2. The van der Waals surface area contributed by atoms with Crippen molar-refractivity contribution in [2.45, 2.75) is 26.7 Å². The smallest absolute Gasteiger partial charge is 0.274 e. The highest BCUT2D eigenvalue weighted by Gasteiger charge is 2.17. The van der Waals surface area contributed by atoms with Crippen LogP contribution in [0.15, 0.2) is 42.5 Å². The van der Waals surface area contributed by atoms with Gasteiger partial charge in [0.15, 0.2) is 0 Å². The molecule has 0 spiro atoms. The van der Waals surface area contributed by atoms with Crippen molar-refractivity contribution in [3.05, 3.63) is 59.7 Å².